The summed E-state index contributed by atoms with van der Waals surface area (Å²) in [6.07, 6.45) is 18.3. The van der Waals surface area contributed by atoms with Gasteiger partial charge in [-0.05, 0) is 146 Å². The van der Waals surface area contributed by atoms with Gasteiger partial charge in [-0.1, -0.05) is 110 Å². The number of unbranched alkanes of at least 4 members (excludes halogenated alkanes) is 15. The van der Waals surface area contributed by atoms with E-state index in [1.54, 1.807) is 0 Å². The first-order chi connectivity index (χ1) is 29.4. The van der Waals surface area contributed by atoms with Gasteiger partial charge in [0.1, 0.15) is 5.41 Å². The van der Waals surface area contributed by atoms with Gasteiger partial charge in [0.05, 0.1) is 17.3 Å². The Morgan fingerprint density at radius 1 is 0.406 bits per heavy atom. The first kappa shape index (κ1) is 56.1. The van der Waals surface area contributed by atoms with Crippen LogP contribution in [0.1, 0.15) is 244 Å². The van der Waals surface area contributed by atoms with Gasteiger partial charge in [-0.25, -0.2) is 0 Å². The Bertz CT molecular complexity index is 1520. The minimum Gasteiger partial charge on any atom is -0.481 e. The Morgan fingerprint density at radius 2 is 0.672 bits per heavy atom. The standard InChI is InChI=1S/C53H97N3O8/c1-14-15-16-17-18-19-20-21-22-23-24-25-26-27-28-29-30-51(42(59)60,38-31-45(2,3)54-46(4,5)32-38)53(44(63)64,40-35-49(10,11)56-50(12,13)36-40)52(43(61)62,37-41(57)58)39-33-47(6,7)55-48(8,9)34-39/h38-40,54-56H,14-37H2,1-13H3,(H,57,58)(H,59,60)(H,61,62)(H,63,64). The highest BCUT2D eigenvalue weighted by atomic mass is 16.4. The molecule has 0 aromatic carbocycles. The van der Waals surface area contributed by atoms with Crippen LogP contribution in [0, 0.1) is 34.0 Å². The predicted octanol–water partition coefficient (Wildman–Crippen LogP) is 12.0. The molecule has 7 N–H and O–H groups in total. The average molecular weight is 904 g/mol. The molecular formula is C53H97N3O8. The molecule has 3 atom stereocenters. The van der Waals surface area contributed by atoms with E-state index >= 15 is 14.4 Å². The first-order valence-electron chi connectivity index (χ1n) is 25.7. The third-order valence-electron chi connectivity index (χ3n) is 15.9. The minimum absolute atomic E-state index is 0.0545. The number of carboxylic acid groups (broad SMARTS) is 4. The minimum atomic E-state index is -2.55. The Morgan fingerprint density at radius 3 is 0.938 bits per heavy atom. The predicted molar refractivity (Wildman–Crippen MR) is 259 cm³/mol. The summed E-state index contributed by atoms with van der Waals surface area (Å²) in [5.74, 6) is -8.54. The summed E-state index contributed by atoms with van der Waals surface area (Å²) >= 11 is 0. The maximum Gasteiger partial charge on any atom is 0.312 e. The van der Waals surface area contributed by atoms with E-state index in [4.69, 9.17) is 0 Å². The fraction of sp³-hybridized carbons (Fsp3) is 0.925. The number of rotatable bonds is 27. The van der Waals surface area contributed by atoms with E-state index in [1.807, 2.05) is 83.1 Å². The number of carbonyl (C=O) groups is 4. The van der Waals surface area contributed by atoms with Crippen molar-refractivity contribution >= 4 is 23.9 Å². The summed E-state index contributed by atoms with van der Waals surface area (Å²) in [6.45, 7) is 26.0. The van der Waals surface area contributed by atoms with Crippen LogP contribution in [0.2, 0.25) is 0 Å². The second-order valence-electron chi connectivity index (χ2n) is 25.3. The molecule has 3 heterocycles. The summed E-state index contributed by atoms with van der Waals surface area (Å²) in [5, 5.41) is 59.4. The highest BCUT2D eigenvalue weighted by molar-refractivity contribution is 5.96. The van der Waals surface area contributed by atoms with Gasteiger partial charge in [0.25, 0.3) is 0 Å². The van der Waals surface area contributed by atoms with Crippen molar-refractivity contribution in [1.82, 2.24) is 16.0 Å². The number of piperidine rings is 3. The van der Waals surface area contributed by atoms with Crippen molar-refractivity contribution < 1.29 is 39.6 Å². The highest BCUT2D eigenvalue weighted by Crippen LogP contribution is 2.72. The SMILES string of the molecule is CCCCCCCCCCCCCCCCCCC(C(=O)O)(C1CC(C)(C)NC(C)(C)C1)C(C(=O)O)(C1CC(C)(C)NC(C)(C)C1)C(CC(=O)O)(C(=O)O)C1CC(C)(C)NC(C)(C)C1. The molecule has 11 heteroatoms. The molecule has 64 heavy (non-hydrogen) atoms. The van der Waals surface area contributed by atoms with Crippen molar-refractivity contribution in [3.05, 3.63) is 0 Å². The van der Waals surface area contributed by atoms with E-state index in [-0.39, 0.29) is 32.1 Å². The Hall–Kier alpha value is -2.24. The average Bonchev–Trinajstić information content (AvgIpc) is 3.09. The van der Waals surface area contributed by atoms with Gasteiger partial charge >= 0.3 is 23.9 Å². The van der Waals surface area contributed by atoms with Gasteiger partial charge in [0.15, 0.2) is 0 Å². The molecule has 0 amide bonds. The Labute approximate surface area is 389 Å². The van der Waals surface area contributed by atoms with Crippen molar-refractivity contribution in [2.75, 3.05) is 0 Å². The van der Waals surface area contributed by atoms with E-state index in [0.29, 0.717) is 25.7 Å². The van der Waals surface area contributed by atoms with Crippen LogP contribution in [-0.4, -0.2) is 77.5 Å². The molecule has 3 aliphatic heterocycles. The molecule has 0 bridgehead atoms. The molecule has 0 aromatic heterocycles. The lowest BCUT2D eigenvalue weighted by Crippen LogP contribution is -2.76. The zero-order chi connectivity index (χ0) is 48.6. The van der Waals surface area contributed by atoms with Crippen molar-refractivity contribution in [1.29, 1.82) is 0 Å². The number of hydrogen-bond donors (Lipinski definition) is 7. The van der Waals surface area contributed by atoms with Crippen molar-refractivity contribution in [3.63, 3.8) is 0 Å². The molecular weight excluding hydrogens is 807 g/mol. The van der Waals surface area contributed by atoms with Gasteiger partial charge in [0.2, 0.25) is 0 Å². The normalized spacial score (nSPS) is 24.8. The third kappa shape index (κ3) is 13.5. The maximum atomic E-state index is 15.6. The maximum absolute atomic E-state index is 15.6. The van der Waals surface area contributed by atoms with Gasteiger partial charge in [-0.15, -0.1) is 0 Å². The van der Waals surface area contributed by atoms with Crippen LogP contribution in [0.15, 0.2) is 0 Å². The van der Waals surface area contributed by atoms with Crippen LogP contribution in [-0.2, 0) is 19.2 Å². The second-order valence-corrected chi connectivity index (χ2v) is 25.3. The third-order valence-corrected chi connectivity index (χ3v) is 15.9. The molecule has 0 spiro atoms. The van der Waals surface area contributed by atoms with Gasteiger partial charge in [0, 0.05) is 33.2 Å². The lowest BCUT2D eigenvalue weighted by atomic mass is 9.35. The van der Waals surface area contributed by atoms with Crippen LogP contribution < -0.4 is 16.0 Å². The van der Waals surface area contributed by atoms with Crippen LogP contribution in [0.25, 0.3) is 0 Å². The number of nitrogens with one attached hydrogen (secondary N) is 3. The molecule has 0 aliphatic carbocycles. The fourth-order valence-corrected chi connectivity index (χ4v) is 15.0. The Kier molecular flexibility index (Phi) is 19.1. The quantitative estimate of drug-likeness (QED) is 0.0389. The van der Waals surface area contributed by atoms with E-state index in [9.17, 15) is 25.2 Å². The molecule has 0 radical (unpaired) electrons. The van der Waals surface area contributed by atoms with E-state index in [1.165, 1.54) is 64.2 Å². The van der Waals surface area contributed by atoms with Crippen LogP contribution in [0.3, 0.4) is 0 Å². The van der Waals surface area contributed by atoms with E-state index in [0.717, 1.165) is 25.7 Å². The van der Waals surface area contributed by atoms with Crippen molar-refractivity contribution in [2.24, 2.45) is 34.0 Å². The second kappa shape index (κ2) is 21.8. The van der Waals surface area contributed by atoms with Crippen LogP contribution >= 0.6 is 0 Å². The summed E-state index contributed by atoms with van der Waals surface area (Å²) < 4.78 is 0. The van der Waals surface area contributed by atoms with E-state index < -0.39 is 97.5 Å². The molecule has 3 aliphatic rings. The zero-order valence-electron chi connectivity index (χ0n) is 43.1. The monoisotopic (exact) mass is 904 g/mol. The molecule has 0 aromatic rings. The largest absolute Gasteiger partial charge is 0.481 e. The zero-order valence-corrected chi connectivity index (χ0v) is 43.1. The van der Waals surface area contributed by atoms with Crippen molar-refractivity contribution in [3.8, 4) is 0 Å². The molecule has 0 saturated carbocycles. The molecule has 3 rings (SSSR count). The van der Waals surface area contributed by atoms with Crippen molar-refractivity contribution in [2.45, 2.75) is 277 Å². The van der Waals surface area contributed by atoms with Gasteiger partial charge in [-0.2, -0.15) is 0 Å². The van der Waals surface area contributed by atoms with Gasteiger partial charge in [-0.3, -0.25) is 19.2 Å². The summed E-state index contributed by atoms with van der Waals surface area (Å²) in [4.78, 5) is 59.6. The molecule has 3 saturated heterocycles. The molecule has 372 valence electrons. The van der Waals surface area contributed by atoms with Gasteiger partial charge < -0.3 is 36.4 Å². The highest BCUT2D eigenvalue weighted by Gasteiger charge is 2.81. The topological polar surface area (TPSA) is 185 Å². The number of aliphatic carboxylic acids is 4. The number of carboxylic acids is 4. The first-order valence-corrected chi connectivity index (χ1v) is 25.7. The fourth-order valence-electron chi connectivity index (χ4n) is 15.0. The molecule has 3 fully saturated rings. The lowest BCUT2D eigenvalue weighted by Gasteiger charge is -2.67. The number of hydrogen-bond acceptors (Lipinski definition) is 7. The lowest BCUT2D eigenvalue weighted by molar-refractivity contribution is -0.243. The smallest absolute Gasteiger partial charge is 0.312 e. The Balaban J connectivity index is 2.25. The summed E-state index contributed by atoms with van der Waals surface area (Å²) in [7, 11) is 0. The molecule has 3 unspecified atom stereocenters. The van der Waals surface area contributed by atoms with E-state index in [2.05, 4.69) is 22.9 Å². The van der Waals surface area contributed by atoms with Crippen LogP contribution in [0.4, 0.5) is 0 Å². The molecule has 11 nitrogen and oxygen atoms in total. The summed E-state index contributed by atoms with van der Waals surface area (Å²) in [6, 6.07) is 0. The van der Waals surface area contributed by atoms with Crippen LogP contribution in [0.5, 0.6) is 0 Å². The summed E-state index contributed by atoms with van der Waals surface area (Å²) in [5.41, 5.74) is -11.3.